The van der Waals surface area contributed by atoms with Crippen molar-refractivity contribution in [2.24, 2.45) is 5.92 Å². The van der Waals surface area contributed by atoms with Crippen molar-refractivity contribution < 1.29 is 19.2 Å². The molecule has 2 N–H and O–H groups in total. The van der Waals surface area contributed by atoms with E-state index in [1.165, 1.54) is 29.8 Å². The van der Waals surface area contributed by atoms with E-state index >= 15 is 0 Å². The Morgan fingerprint density at radius 3 is 2.48 bits per heavy atom. The van der Waals surface area contributed by atoms with Gasteiger partial charge < -0.3 is 20.3 Å². The fraction of sp³-hybridized carbons (Fsp3) is 0.355. The molecule has 40 heavy (non-hydrogen) atoms. The number of ether oxygens (including phenoxy) is 1. The maximum Gasteiger partial charge on any atom is 0.270 e. The Hall–Kier alpha value is -4.24. The predicted octanol–water partition coefficient (Wildman–Crippen LogP) is 5.22. The molecule has 2 aliphatic heterocycles. The van der Waals surface area contributed by atoms with Crippen LogP contribution in [0.5, 0.6) is 0 Å². The highest BCUT2D eigenvalue weighted by Crippen LogP contribution is 2.30. The molecule has 1 unspecified atom stereocenters. The second-order valence-corrected chi connectivity index (χ2v) is 10.5. The van der Waals surface area contributed by atoms with E-state index in [0.29, 0.717) is 30.3 Å². The van der Waals surface area contributed by atoms with Crippen molar-refractivity contribution in [3.8, 4) is 0 Å². The Balaban J connectivity index is 1.31. The third-order valence-electron chi connectivity index (χ3n) is 7.65. The van der Waals surface area contributed by atoms with Crippen LogP contribution in [0.25, 0.3) is 0 Å². The van der Waals surface area contributed by atoms with Crippen LogP contribution in [0, 0.1) is 16.0 Å². The SMILES string of the molecule is O=C(Nc1ccc(N2CCC(Cc3ccccc3)CC2)c(C(=O)NCC2CCCO2)c1)c1cccc([N+](=O)[O-])c1. The Labute approximate surface area is 233 Å². The Morgan fingerprint density at radius 1 is 0.950 bits per heavy atom. The zero-order valence-electron chi connectivity index (χ0n) is 22.4. The lowest BCUT2D eigenvalue weighted by atomic mass is 9.89. The molecule has 0 spiro atoms. The normalized spacial score (nSPS) is 17.4. The van der Waals surface area contributed by atoms with Gasteiger partial charge in [0.05, 0.1) is 16.6 Å². The van der Waals surface area contributed by atoms with Crippen LogP contribution in [0.1, 0.15) is 52.0 Å². The molecule has 0 bridgehead atoms. The number of amides is 2. The van der Waals surface area contributed by atoms with Crippen LogP contribution in [0.15, 0.2) is 72.8 Å². The number of anilines is 2. The van der Waals surface area contributed by atoms with Gasteiger partial charge in [0.2, 0.25) is 0 Å². The van der Waals surface area contributed by atoms with Crippen molar-refractivity contribution in [1.29, 1.82) is 0 Å². The number of nitro groups is 1. The second kappa shape index (κ2) is 12.7. The number of nitrogens with one attached hydrogen (secondary N) is 2. The minimum absolute atomic E-state index is 0.0119. The molecule has 9 heteroatoms. The summed E-state index contributed by atoms with van der Waals surface area (Å²) in [4.78, 5) is 39.1. The zero-order chi connectivity index (χ0) is 27.9. The molecule has 3 aromatic carbocycles. The average Bonchev–Trinajstić information content (AvgIpc) is 3.51. The monoisotopic (exact) mass is 542 g/mol. The number of hydrogen-bond donors (Lipinski definition) is 2. The van der Waals surface area contributed by atoms with Gasteiger partial charge in [-0.15, -0.1) is 0 Å². The molecular formula is C31H34N4O5. The van der Waals surface area contributed by atoms with E-state index in [2.05, 4.69) is 39.8 Å². The molecule has 208 valence electrons. The molecule has 2 saturated heterocycles. The third-order valence-corrected chi connectivity index (χ3v) is 7.65. The molecule has 0 saturated carbocycles. The first-order valence-corrected chi connectivity index (χ1v) is 13.8. The number of benzene rings is 3. The van der Waals surface area contributed by atoms with Crippen LogP contribution in [0.3, 0.4) is 0 Å². The van der Waals surface area contributed by atoms with Crippen LogP contribution >= 0.6 is 0 Å². The van der Waals surface area contributed by atoms with Crippen LogP contribution in [0.2, 0.25) is 0 Å². The van der Waals surface area contributed by atoms with Crippen LogP contribution in [-0.4, -0.2) is 49.1 Å². The summed E-state index contributed by atoms with van der Waals surface area (Å²) in [6.45, 7) is 2.82. The van der Waals surface area contributed by atoms with E-state index < -0.39 is 10.8 Å². The number of nitrogens with zero attached hydrogens (tertiary/aromatic N) is 2. The molecule has 2 aliphatic rings. The van der Waals surface area contributed by atoms with Gasteiger partial charge >= 0.3 is 0 Å². The van der Waals surface area contributed by atoms with Gasteiger partial charge in [-0.25, -0.2) is 0 Å². The standard InChI is InChI=1S/C31H34N4O5/c36-30(24-8-4-9-26(19-24)35(38)39)33-25-11-12-29(28(20-25)31(37)32-21-27-10-5-17-40-27)34-15-13-23(14-16-34)18-22-6-2-1-3-7-22/h1-4,6-9,11-12,19-20,23,27H,5,10,13-18,21H2,(H,32,37)(H,33,36). The summed E-state index contributed by atoms with van der Waals surface area (Å²) in [5.41, 5.74) is 3.11. The van der Waals surface area contributed by atoms with Crippen molar-refractivity contribution in [3.05, 3.63) is 99.6 Å². The lowest BCUT2D eigenvalue weighted by molar-refractivity contribution is -0.384. The van der Waals surface area contributed by atoms with Crippen molar-refractivity contribution in [1.82, 2.24) is 5.32 Å². The van der Waals surface area contributed by atoms with E-state index in [-0.39, 0.29) is 23.3 Å². The van der Waals surface area contributed by atoms with Crippen LogP contribution in [-0.2, 0) is 11.2 Å². The molecule has 0 radical (unpaired) electrons. The molecule has 0 aliphatic carbocycles. The minimum atomic E-state index is -0.537. The lowest BCUT2D eigenvalue weighted by Crippen LogP contribution is -2.37. The first kappa shape index (κ1) is 27.3. The van der Waals surface area contributed by atoms with E-state index in [4.69, 9.17) is 4.74 Å². The van der Waals surface area contributed by atoms with Gasteiger partial charge in [-0.3, -0.25) is 19.7 Å². The molecule has 2 fully saturated rings. The number of hydrogen-bond acceptors (Lipinski definition) is 6. The number of nitro benzene ring substituents is 1. The summed E-state index contributed by atoms with van der Waals surface area (Å²) in [5, 5.41) is 16.9. The van der Waals surface area contributed by atoms with E-state index in [9.17, 15) is 19.7 Å². The average molecular weight is 543 g/mol. The fourth-order valence-electron chi connectivity index (χ4n) is 5.47. The first-order valence-electron chi connectivity index (χ1n) is 13.8. The largest absolute Gasteiger partial charge is 0.376 e. The van der Waals surface area contributed by atoms with Gasteiger partial charge in [-0.1, -0.05) is 36.4 Å². The van der Waals surface area contributed by atoms with Crippen molar-refractivity contribution in [2.45, 2.75) is 38.2 Å². The molecule has 0 aromatic heterocycles. The number of rotatable bonds is 9. The van der Waals surface area contributed by atoms with Crippen molar-refractivity contribution >= 4 is 28.9 Å². The molecule has 2 amide bonds. The molecule has 2 heterocycles. The Kier molecular flexibility index (Phi) is 8.71. The van der Waals surface area contributed by atoms with E-state index in [0.717, 1.165) is 50.9 Å². The first-order chi connectivity index (χ1) is 19.5. The van der Waals surface area contributed by atoms with Crippen molar-refractivity contribution in [2.75, 3.05) is 36.5 Å². The maximum absolute atomic E-state index is 13.4. The molecular weight excluding hydrogens is 508 g/mol. The Morgan fingerprint density at radius 2 is 1.75 bits per heavy atom. The lowest BCUT2D eigenvalue weighted by Gasteiger charge is -2.35. The molecule has 5 rings (SSSR count). The fourth-order valence-corrected chi connectivity index (χ4v) is 5.47. The number of carbonyl (C=O) groups excluding carboxylic acids is 2. The van der Waals surface area contributed by atoms with Gasteiger partial charge in [-0.05, 0) is 67.9 Å². The van der Waals surface area contributed by atoms with Gasteiger partial charge in [0, 0.05) is 55.3 Å². The number of non-ortho nitro benzene ring substituents is 1. The summed E-state index contributed by atoms with van der Waals surface area (Å²) in [6.07, 6.45) is 5.02. The molecule has 1 atom stereocenters. The summed E-state index contributed by atoms with van der Waals surface area (Å²) in [5.74, 6) is -0.115. The quantitative estimate of drug-likeness (QED) is 0.283. The van der Waals surface area contributed by atoms with E-state index in [1.54, 1.807) is 12.1 Å². The van der Waals surface area contributed by atoms with Gasteiger partial charge in [0.25, 0.3) is 17.5 Å². The van der Waals surface area contributed by atoms with Crippen LogP contribution < -0.4 is 15.5 Å². The second-order valence-electron chi connectivity index (χ2n) is 10.5. The highest BCUT2D eigenvalue weighted by molar-refractivity contribution is 6.06. The third kappa shape index (κ3) is 6.84. The molecule has 3 aromatic rings. The highest BCUT2D eigenvalue weighted by Gasteiger charge is 2.25. The maximum atomic E-state index is 13.4. The summed E-state index contributed by atoms with van der Waals surface area (Å²) >= 11 is 0. The summed E-state index contributed by atoms with van der Waals surface area (Å²) < 4.78 is 5.67. The number of piperidine rings is 1. The zero-order valence-corrected chi connectivity index (χ0v) is 22.4. The molecule has 9 nitrogen and oxygen atoms in total. The minimum Gasteiger partial charge on any atom is -0.376 e. The van der Waals surface area contributed by atoms with Crippen molar-refractivity contribution in [3.63, 3.8) is 0 Å². The highest BCUT2D eigenvalue weighted by atomic mass is 16.6. The topological polar surface area (TPSA) is 114 Å². The smallest absolute Gasteiger partial charge is 0.270 e. The van der Waals surface area contributed by atoms with Crippen LogP contribution in [0.4, 0.5) is 17.1 Å². The van der Waals surface area contributed by atoms with Gasteiger partial charge in [-0.2, -0.15) is 0 Å². The number of carbonyl (C=O) groups is 2. The summed E-state index contributed by atoms with van der Waals surface area (Å²) in [7, 11) is 0. The summed E-state index contributed by atoms with van der Waals surface area (Å²) in [6, 6.07) is 21.4. The Bertz CT molecular complexity index is 1350. The van der Waals surface area contributed by atoms with Gasteiger partial charge in [0.15, 0.2) is 0 Å². The van der Waals surface area contributed by atoms with Gasteiger partial charge in [0.1, 0.15) is 0 Å². The predicted molar refractivity (Wildman–Crippen MR) is 154 cm³/mol. The van der Waals surface area contributed by atoms with E-state index in [1.807, 2.05) is 12.1 Å².